The van der Waals surface area contributed by atoms with Gasteiger partial charge in [0.1, 0.15) is 12.3 Å². The zero-order valence-corrected chi connectivity index (χ0v) is 22.8. The monoisotopic (exact) mass is 526 g/mol. The van der Waals surface area contributed by atoms with Gasteiger partial charge in [0.05, 0.1) is 30.6 Å². The summed E-state index contributed by atoms with van der Waals surface area (Å²) >= 11 is 0. The van der Waals surface area contributed by atoms with Gasteiger partial charge in [-0.3, -0.25) is 0 Å². The molecule has 38 heavy (non-hydrogen) atoms. The molecular weight excluding hydrogens is 489 g/mol. The van der Waals surface area contributed by atoms with E-state index in [-0.39, 0.29) is 12.0 Å². The Hall–Kier alpha value is -3.31. The summed E-state index contributed by atoms with van der Waals surface area (Å²) in [6.07, 6.45) is -2.37. The fourth-order valence-corrected chi connectivity index (χ4v) is 4.81. The van der Waals surface area contributed by atoms with Gasteiger partial charge in [0.25, 0.3) is 0 Å². The Morgan fingerprint density at radius 2 is 1.76 bits per heavy atom. The number of ether oxygens (including phenoxy) is 1. The summed E-state index contributed by atoms with van der Waals surface area (Å²) < 4.78 is 47.4. The van der Waals surface area contributed by atoms with Crippen molar-refractivity contribution in [3.8, 4) is 17.6 Å². The Balaban J connectivity index is 1.58. The highest BCUT2D eigenvalue weighted by Gasteiger charge is 2.30. The molecule has 0 bridgehead atoms. The molecule has 0 atom stereocenters. The molecule has 1 aliphatic rings. The van der Waals surface area contributed by atoms with Gasteiger partial charge < -0.3 is 24.8 Å². The predicted octanol–water partition coefficient (Wildman–Crippen LogP) is 6.48. The number of nitrogens with one attached hydrogen (secondary N) is 2. The van der Waals surface area contributed by atoms with Crippen molar-refractivity contribution in [2.75, 3.05) is 44.4 Å². The van der Waals surface area contributed by atoms with E-state index in [9.17, 15) is 13.2 Å². The predicted molar refractivity (Wildman–Crippen MR) is 149 cm³/mol. The molecule has 0 aliphatic carbocycles. The molecule has 1 aliphatic heterocycles. The summed E-state index contributed by atoms with van der Waals surface area (Å²) in [5.74, 6) is 6.69. The van der Waals surface area contributed by atoms with Crippen molar-refractivity contribution in [2.24, 2.45) is 0 Å². The van der Waals surface area contributed by atoms with Gasteiger partial charge in [-0.25, -0.2) is 0 Å². The zero-order valence-electron chi connectivity index (χ0n) is 22.8. The number of fused-ring (bicyclic) bond motifs is 1. The van der Waals surface area contributed by atoms with E-state index in [1.165, 1.54) is 4.57 Å². The van der Waals surface area contributed by atoms with Crippen LogP contribution in [0.3, 0.4) is 0 Å². The van der Waals surface area contributed by atoms with Crippen LogP contribution in [0, 0.1) is 11.8 Å². The van der Waals surface area contributed by atoms with E-state index < -0.39 is 12.7 Å². The van der Waals surface area contributed by atoms with Crippen LogP contribution in [0.1, 0.15) is 44.9 Å². The number of hydrogen-bond donors (Lipinski definition) is 2. The Labute approximate surface area is 223 Å². The number of aromatic nitrogens is 1. The summed E-state index contributed by atoms with van der Waals surface area (Å²) in [7, 11) is 3.72. The summed E-state index contributed by atoms with van der Waals surface area (Å²) in [4.78, 5) is 2.29. The van der Waals surface area contributed by atoms with E-state index in [1.54, 1.807) is 25.3 Å². The Kier molecular flexibility index (Phi) is 8.17. The quantitative estimate of drug-likeness (QED) is 0.361. The zero-order chi connectivity index (χ0) is 27.5. The van der Waals surface area contributed by atoms with Crippen molar-refractivity contribution >= 4 is 22.3 Å². The first kappa shape index (κ1) is 27.7. The van der Waals surface area contributed by atoms with E-state index in [0.29, 0.717) is 23.0 Å². The Morgan fingerprint density at radius 1 is 1.03 bits per heavy atom. The Bertz CT molecular complexity index is 1320. The first-order chi connectivity index (χ1) is 17.9. The fourth-order valence-electron chi connectivity index (χ4n) is 4.81. The smallest absolute Gasteiger partial charge is 0.406 e. The van der Waals surface area contributed by atoms with E-state index in [2.05, 4.69) is 55.2 Å². The average molecular weight is 527 g/mol. The molecule has 0 amide bonds. The topological polar surface area (TPSA) is 41.5 Å². The van der Waals surface area contributed by atoms with Crippen molar-refractivity contribution in [3.63, 3.8) is 0 Å². The highest BCUT2D eigenvalue weighted by atomic mass is 19.4. The molecule has 1 fully saturated rings. The molecule has 1 saturated heterocycles. The van der Waals surface area contributed by atoms with Crippen molar-refractivity contribution in [2.45, 2.75) is 57.8 Å². The average Bonchev–Trinajstić information content (AvgIpc) is 3.19. The number of halogens is 3. The third kappa shape index (κ3) is 6.76. The molecule has 0 radical (unpaired) electrons. The molecule has 5 nitrogen and oxygen atoms in total. The number of methoxy groups -OCH3 is 1. The molecule has 1 aromatic heterocycles. The van der Waals surface area contributed by atoms with Crippen LogP contribution in [-0.4, -0.2) is 55.5 Å². The highest BCUT2D eigenvalue weighted by molar-refractivity contribution is 5.94. The number of nitrogens with zero attached hydrogens (tertiary/aromatic N) is 2. The lowest BCUT2D eigenvalue weighted by atomic mass is 9.87. The maximum Gasteiger partial charge on any atom is 0.406 e. The third-order valence-corrected chi connectivity index (χ3v) is 7.01. The van der Waals surface area contributed by atoms with Crippen LogP contribution in [0.2, 0.25) is 0 Å². The molecule has 2 aromatic carbocycles. The minimum absolute atomic E-state index is 0.0153. The molecular formula is C30H37F3N4O. The second-order valence-electron chi connectivity index (χ2n) is 11.0. The number of benzene rings is 2. The van der Waals surface area contributed by atoms with Crippen molar-refractivity contribution in [1.29, 1.82) is 0 Å². The maximum absolute atomic E-state index is 13.5. The van der Waals surface area contributed by atoms with Crippen LogP contribution in [0.15, 0.2) is 42.5 Å². The highest BCUT2D eigenvalue weighted by Crippen LogP contribution is 2.32. The number of likely N-dealkylation sites (tertiary alicyclic amines) is 1. The number of alkyl halides is 3. The standard InChI is InChI=1S/C30H37F3N4O/c1-29(2,3)21-11-12-26(28(18-21)38-5)34-15-7-8-23-19-24-25(35-22-13-16-36(4)17-14-22)9-6-10-27(24)37(23)20-30(31,32)33/h6,9-12,18-19,22,34-35H,13-17,20H2,1-5H3. The minimum atomic E-state index is -4.36. The van der Waals surface area contributed by atoms with Gasteiger partial charge in [-0.05, 0) is 80.2 Å². The van der Waals surface area contributed by atoms with Gasteiger partial charge in [0.2, 0.25) is 0 Å². The molecule has 0 saturated carbocycles. The van der Waals surface area contributed by atoms with Crippen LogP contribution >= 0.6 is 0 Å². The van der Waals surface area contributed by atoms with Crippen molar-refractivity contribution < 1.29 is 17.9 Å². The van der Waals surface area contributed by atoms with Crippen LogP contribution in [0.4, 0.5) is 24.5 Å². The second-order valence-corrected chi connectivity index (χ2v) is 11.0. The van der Waals surface area contributed by atoms with Crippen molar-refractivity contribution in [1.82, 2.24) is 9.47 Å². The first-order valence-corrected chi connectivity index (χ1v) is 13.0. The molecule has 8 heteroatoms. The molecule has 0 spiro atoms. The third-order valence-electron chi connectivity index (χ3n) is 7.01. The summed E-state index contributed by atoms with van der Waals surface area (Å²) in [5, 5.41) is 7.56. The molecule has 0 unspecified atom stereocenters. The molecule has 4 rings (SSSR count). The molecule has 2 N–H and O–H groups in total. The lowest BCUT2D eigenvalue weighted by Crippen LogP contribution is -2.36. The second kappa shape index (κ2) is 11.2. The summed E-state index contributed by atoms with van der Waals surface area (Å²) in [5.41, 5.74) is 3.63. The fraction of sp³-hybridized carbons (Fsp3) is 0.467. The van der Waals surface area contributed by atoms with Gasteiger partial charge in [-0.15, -0.1) is 0 Å². The van der Waals surface area contributed by atoms with E-state index in [0.717, 1.165) is 48.3 Å². The van der Waals surface area contributed by atoms with E-state index in [1.807, 2.05) is 24.3 Å². The summed E-state index contributed by atoms with van der Waals surface area (Å²) in [6.45, 7) is 7.57. The van der Waals surface area contributed by atoms with Crippen LogP contribution in [0.5, 0.6) is 5.75 Å². The molecule has 3 aromatic rings. The first-order valence-electron chi connectivity index (χ1n) is 13.0. The van der Waals surface area contributed by atoms with Gasteiger partial charge >= 0.3 is 6.18 Å². The van der Waals surface area contributed by atoms with Gasteiger partial charge in [0.15, 0.2) is 0 Å². The van der Waals surface area contributed by atoms with Crippen LogP contribution in [-0.2, 0) is 12.0 Å². The Morgan fingerprint density at radius 3 is 2.42 bits per heavy atom. The minimum Gasteiger partial charge on any atom is -0.495 e. The number of anilines is 2. The largest absolute Gasteiger partial charge is 0.495 e. The van der Waals surface area contributed by atoms with Gasteiger partial charge in [-0.2, -0.15) is 13.2 Å². The van der Waals surface area contributed by atoms with Gasteiger partial charge in [0, 0.05) is 17.1 Å². The SMILES string of the molecule is COc1cc(C(C)(C)C)ccc1NCC#Cc1cc2c(NC3CCN(C)CC3)cccc2n1CC(F)(F)F. The van der Waals surface area contributed by atoms with Crippen LogP contribution < -0.4 is 15.4 Å². The lowest BCUT2D eigenvalue weighted by Gasteiger charge is -2.30. The summed E-state index contributed by atoms with van der Waals surface area (Å²) in [6, 6.07) is 13.5. The molecule has 2 heterocycles. The van der Waals surface area contributed by atoms with E-state index in [4.69, 9.17) is 4.74 Å². The number of hydrogen-bond acceptors (Lipinski definition) is 4. The normalized spacial score (nSPS) is 15.3. The number of piperidine rings is 1. The molecule has 204 valence electrons. The van der Waals surface area contributed by atoms with Crippen LogP contribution in [0.25, 0.3) is 10.9 Å². The van der Waals surface area contributed by atoms with E-state index >= 15 is 0 Å². The lowest BCUT2D eigenvalue weighted by molar-refractivity contribution is -0.140. The van der Waals surface area contributed by atoms with Gasteiger partial charge in [-0.1, -0.05) is 38.8 Å². The van der Waals surface area contributed by atoms with Crippen molar-refractivity contribution in [3.05, 3.63) is 53.7 Å². The maximum atomic E-state index is 13.5. The number of rotatable bonds is 6.